The van der Waals surface area contributed by atoms with Gasteiger partial charge in [0, 0.05) is 28.5 Å². The summed E-state index contributed by atoms with van der Waals surface area (Å²) in [6.45, 7) is 4.27. The van der Waals surface area contributed by atoms with Crippen molar-refractivity contribution in [2.24, 2.45) is 23.7 Å². The molecule has 3 aromatic carbocycles. The van der Waals surface area contributed by atoms with Crippen molar-refractivity contribution in [3.05, 3.63) is 76.8 Å². The van der Waals surface area contributed by atoms with E-state index in [0.717, 1.165) is 55.4 Å². The van der Waals surface area contributed by atoms with Crippen LogP contribution in [0.1, 0.15) is 35.8 Å². The summed E-state index contributed by atoms with van der Waals surface area (Å²) < 4.78 is 32.7. The Kier molecular flexibility index (Phi) is 10.4. The van der Waals surface area contributed by atoms with Crippen LogP contribution in [0.15, 0.2) is 60.7 Å². The van der Waals surface area contributed by atoms with Crippen molar-refractivity contribution in [2.45, 2.75) is 24.7 Å². The van der Waals surface area contributed by atoms with Gasteiger partial charge in [0.25, 0.3) is 0 Å². The molecule has 0 spiro atoms. The number of anilines is 1. The Balaban J connectivity index is 0.000000172. The molecule has 2 saturated carbocycles. The van der Waals surface area contributed by atoms with Gasteiger partial charge in [0.1, 0.15) is 0 Å². The Morgan fingerprint density at radius 1 is 0.766 bits per heavy atom. The summed E-state index contributed by atoms with van der Waals surface area (Å²) in [4.78, 5) is 23.4. The van der Waals surface area contributed by atoms with E-state index in [1.54, 1.807) is 26.4 Å². The largest absolute Gasteiger partial charge is 0.493 e. The lowest BCUT2D eigenvalue weighted by atomic mass is 10.1. The van der Waals surface area contributed by atoms with Gasteiger partial charge in [-0.15, -0.1) is 0 Å². The molecule has 4 aliphatic rings. The summed E-state index contributed by atoms with van der Waals surface area (Å²) in [7, 11) is 3.23. The molecule has 0 radical (unpaired) electrons. The minimum atomic E-state index is -0.723. The zero-order valence-electron chi connectivity index (χ0n) is 26.5. The lowest BCUT2D eigenvalue weighted by molar-refractivity contribution is -0.138. The second-order valence-electron chi connectivity index (χ2n) is 12.5. The van der Waals surface area contributed by atoms with Crippen LogP contribution in [0, 0.1) is 23.7 Å². The van der Waals surface area contributed by atoms with Crippen molar-refractivity contribution < 1.29 is 43.1 Å². The van der Waals surface area contributed by atoms with E-state index >= 15 is 0 Å². The van der Waals surface area contributed by atoms with Gasteiger partial charge in [0.2, 0.25) is 5.91 Å². The molecule has 250 valence electrons. The number of methoxy groups -OCH3 is 2. The first kappa shape index (κ1) is 32.9. The molecule has 3 aromatic rings. The van der Waals surface area contributed by atoms with Gasteiger partial charge >= 0.3 is 5.97 Å². The summed E-state index contributed by atoms with van der Waals surface area (Å²) in [5.74, 6) is 3.04. The standard InChI is InChI=1S/C21H22ClNO4.C15H18O5/c1-25-20-7-14(5-6-19(20)27-12-13-10-26-11-13)17-9-18(17)21(24)23-16-4-2-3-15(22)8-16;1-18-14-4-10(11-5-12(11)15(16)17)2-3-13(14)20-8-9-6-19-7-9/h2-8,13,17-18H,9-12H2,1H3,(H,23,24);2-4,9,11-12H,5-8H2,1H3,(H,16,17). The van der Waals surface area contributed by atoms with Crippen LogP contribution in [0.25, 0.3) is 0 Å². The van der Waals surface area contributed by atoms with E-state index in [-0.39, 0.29) is 29.6 Å². The van der Waals surface area contributed by atoms with Crippen LogP contribution >= 0.6 is 11.6 Å². The van der Waals surface area contributed by atoms with Gasteiger partial charge in [-0.25, -0.2) is 0 Å². The molecule has 4 unspecified atom stereocenters. The van der Waals surface area contributed by atoms with E-state index in [1.165, 1.54) is 0 Å². The molecule has 0 bridgehead atoms. The van der Waals surface area contributed by atoms with Crippen LogP contribution < -0.4 is 24.3 Å². The average molecular weight is 666 g/mol. The summed E-state index contributed by atoms with van der Waals surface area (Å²) in [5.41, 5.74) is 2.82. The molecule has 4 fully saturated rings. The molecule has 47 heavy (non-hydrogen) atoms. The van der Waals surface area contributed by atoms with Crippen molar-refractivity contribution in [1.29, 1.82) is 0 Å². The van der Waals surface area contributed by atoms with Gasteiger partial charge in [0.15, 0.2) is 23.0 Å². The van der Waals surface area contributed by atoms with Crippen molar-refractivity contribution in [1.82, 2.24) is 0 Å². The van der Waals surface area contributed by atoms with Gasteiger partial charge in [-0.05, 0) is 78.3 Å². The number of amides is 1. The Labute approximate surface area is 279 Å². The number of carbonyl (C=O) groups excluding carboxylic acids is 1. The van der Waals surface area contributed by atoms with Crippen LogP contribution in [-0.4, -0.2) is 70.8 Å². The topological polar surface area (TPSA) is 122 Å². The molecule has 10 nitrogen and oxygen atoms in total. The molecular weight excluding hydrogens is 626 g/mol. The number of aliphatic carboxylic acids is 1. The SMILES string of the molecule is COc1cc(C2CC2C(=O)Nc2cccc(Cl)c2)ccc1OCC1COC1.COc1cc(C2CC2C(=O)O)ccc1OCC1COC1. The fourth-order valence-electron chi connectivity index (χ4n) is 5.74. The van der Waals surface area contributed by atoms with Crippen molar-refractivity contribution in [3.8, 4) is 23.0 Å². The second-order valence-corrected chi connectivity index (χ2v) is 12.9. The van der Waals surface area contributed by atoms with E-state index in [1.807, 2.05) is 48.5 Å². The lowest BCUT2D eigenvalue weighted by Crippen LogP contribution is -2.32. The molecule has 2 N–H and O–H groups in total. The number of carboxylic acid groups (broad SMARTS) is 1. The van der Waals surface area contributed by atoms with Crippen LogP contribution in [-0.2, 0) is 19.1 Å². The van der Waals surface area contributed by atoms with Gasteiger partial charge in [-0.1, -0.05) is 29.8 Å². The first-order valence-corrected chi connectivity index (χ1v) is 16.3. The summed E-state index contributed by atoms with van der Waals surface area (Å²) in [6.07, 6.45) is 1.53. The zero-order valence-corrected chi connectivity index (χ0v) is 27.2. The smallest absolute Gasteiger partial charge is 0.307 e. The first-order valence-electron chi connectivity index (χ1n) is 15.9. The lowest BCUT2D eigenvalue weighted by Gasteiger charge is -2.26. The fraction of sp³-hybridized carbons (Fsp3) is 0.444. The summed E-state index contributed by atoms with van der Waals surface area (Å²) in [5, 5.41) is 12.5. The molecule has 2 saturated heterocycles. The molecule has 4 atom stereocenters. The number of hydrogen-bond acceptors (Lipinski definition) is 8. The van der Waals surface area contributed by atoms with E-state index < -0.39 is 5.97 Å². The Morgan fingerprint density at radius 2 is 1.30 bits per heavy atom. The highest BCUT2D eigenvalue weighted by Crippen LogP contribution is 2.50. The molecular formula is C36H40ClNO9. The molecule has 0 aromatic heterocycles. The highest BCUT2D eigenvalue weighted by Gasteiger charge is 2.45. The maximum atomic E-state index is 12.5. The number of ether oxygens (including phenoxy) is 6. The van der Waals surface area contributed by atoms with Crippen molar-refractivity contribution in [2.75, 3.05) is 59.2 Å². The van der Waals surface area contributed by atoms with Crippen molar-refractivity contribution in [3.63, 3.8) is 0 Å². The number of hydrogen-bond donors (Lipinski definition) is 2. The van der Waals surface area contributed by atoms with E-state index in [0.29, 0.717) is 53.7 Å². The molecule has 1 amide bonds. The molecule has 2 aliphatic heterocycles. The number of nitrogens with one attached hydrogen (secondary N) is 1. The van der Waals surface area contributed by atoms with Gasteiger partial charge < -0.3 is 38.8 Å². The minimum Gasteiger partial charge on any atom is -0.493 e. The monoisotopic (exact) mass is 665 g/mol. The normalized spacial score (nSPS) is 22.8. The Morgan fingerprint density at radius 3 is 1.74 bits per heavy atom. The Bertz CT molecular complexity index is 1570. The fourth-order valence-corrected chi connectivity index (χ4v) is 5.93. The van der Waals surface area contributed by atoms with Crippen LogP contribution in [0.4, 0.5) is 5.69 Å². The van der Waals surface area contributed by atoms with E-state index in [2.05, 4.69) is 5.32 Å². The highest BCUT2D eigenvalue weighted by molar-refractivity contribution is 6.30. The maximum Gasteiger partial charge on any atom is 0.307 e. The van der Waals surface area contributed by atoms with Crippen LogP contribution in [0.5, 0.6) is 23.0 Å². The van der Waals surface area contributed by atoms with Gasteiger partial charge in [0.05, 0.1) is 59.8 Å². The summed E-state index contributed by atoms with van der Waals surface area (Å²) >= 11 is 5.97. The number of rotatable bonds is 13. The average Bonchev–Trinajstić information content (AvgIpc) is 3.94. The predicted molar refractivity (Wildman–Crippen MR) is 175 cm³/mol. The number of carbonyl (C=O) groups is 2. The van der Waals surface area contributed by atoms with Gasteiger partial charge in [-0.2, -0.15) is 0 Å². The van der Waals surface area contributed by atoms with Crippen LogP contribution in [0.3, 0.4) is 0 Å². The zero-order chi connectivity index (χ0) is 32.9. The molecule has 2 heterocycles. The summed E-state index contributed by atoms with van der Waals surface area (Å²) in [6, 6.07) is 18.8. The third-order valence-electron chi connectivity index (χ3n) is 8.92. The third kappa shape index (κ3) is 8.30. The predicted octanol–water partition coefficient (Wildman–Crippen LogP) is 6.02. The van der Waals surface area contributed by atoms with Crippen molar-refractivity contribution >= 4 is 29.2 Å². The molecule has 11 heteroatoms. The minimum absolute atomic E-state index is 0.0199. The molecule has 2 aliphatic carbocycles. The second kappa shape index (κ2) is 14.8. The maximum absolute atomic E-state index is 12.5. The highest BCUT2D eigenvalue weighted by atomic mass is 35.5. The van der Waals surface area contributed by atoms with Crippen LogP contribution in [0.2, 0.25) is 5.02 Å². The molecule has 7 rings (SSSR count). The van der Waals surface area contributed by atoms with Gasteiger partial charge in [-0.3, -0.25) is 9.59 Å². The number of benzene rings is 3. The quantitative estimate of drug-likeness (QED) is 0.226. The first-order chi connectivity index (χ1) is 22.8. The Hall–Kier alpha value is -3.99. The van der Waals surface area contributed by atoms with E-state index in [9.17, 15) is 9.59 Å². The number of halogens is 1. The number of carboxylic acids is 1. The third-order valence-corrected chi connectivity index (χ3v) is 9.16. The van der Waals surface area contributed by atoms with E-state index in [4.69, 9.17) is 45.1 Å².